The van der Waals surface area contributed by atoms with Crippen molar-refractivity contribution in [2.45, 2.75) is 52.5 Å². The van der Waals surface area contributed by atoms with E-state index in [0.717, 1.165) is 49.0 Å². The fourth-order valence-electron chi connectivity index (χ4n) is 2.25. The van der Waals surface area contributed by atoms with Gasteiger partial charge in [0.15, 0.2) is 0 Å². The molecule has 1 aromatic carbocycles. The van der Waals surface area contributed by atoms with Crippen LogP contribution in [0.25, 0.3) is 0 Å². The van der Waals surface area contributed by atoms with Crippen LogP contribution in [0.3, 0.4) is 0 Å². The maximum atomic E-state index is 8.75. The zero-order valence-corrected chi connectivity index (χ0v) is 13.2. The SMILES string of the molecule is CCCc1cc(C#CCCCCO)cc(CN)c1OCC. The number of aliphatic hydroxyl groups excluding tert-OH is 1. The lowest BCUT2D eigenvalue weighted by Gasteiger charge is -2.14. The minimum Gasteiger partial charge on any atom is -0.493 e. The molecule has 0 saturated carbocycles. The van der Waals surface area contributed by atoms with Crippen LogP contribution in [0, 0.1) is 11.8 Å². The van der Waals surface area contributed by atoms with Crippen molar-refractivity contribution in [3.05, 3.63) is 28.8 Å². The third kappa shape index (κ3) is 5.79. The minimum absolute atomic E-state index is 0.239. The molecule has 0 radical (unpaired) electrons. The predicted octanol–water partition coefficient (Wildman–Crippen LogP) is 3.01. The van der Waals surface area contributed by atoms with Crippen LogP contribution in [0.5, 0.6) is 5.75 Å². The van der Waals surface area contributed by atoms with Gasteiger partial charge in [0.25, 0.3) is 0 Å². The molecule has 3 heteroatoms. The number of hydrogen-bond acceptors (Lipinski definition) is 3. The van der Waals surface area contributed by atoms with E-state index in [0.29, 0.717) is 13.2 Å². The molecule has 0 atom stereocenters. The second kappa shape index (κ2) is 10.3. The summed E-state index contributed by atoms with van der Waals surface area (Å²) in [6.07, 6.45) is 4.61. The first-order valence-electron chi connectivity index (χ1n) is 7.85. The summed E-state index contributed by atoms with van der Waals surface area (Å²) in [6.45, 7) is 5.50. The van der Waals surface area contributed by atoms with Crippen LogP contribution in [-0.4, -0.2) is 18.3 Å². The first-order valence-corrected chi connectivity index (χ1v) is 7.85. The standard InChI is InChI=1S/C18H27NO2/c1-3-9-16-12-15(10-7-5-6-8-11-20)13-17(14-19)18(16)21-4-2/h12-13,20H,3-6,8-9,11,14,19H2,1-2H3. The molecule has 21 heavy (non-hydrogen) atoms. The zero-order chi connectivity index (χ0) is 15.5. The Balaban J connectivity index is 2.97. The molecule has 0 bridgehead atoms. The molecule has 116 valence electrons. The number of unbranched alkanes of at least 4 members (excludes halogenated alkanes) is 2. The van der Waals surface area contributed by atoms with E-state index in [2.05, 4.69) is 24.8 Å². The normalized spacial score (nSPS) is 10.1. The van der Waals surface area contributed by atoms with Gasteiger partial charge < -0.3 is 15.6 Å². The summed E-state index contributed by atoms with van der Waals surface area (Å²) in [4.78, 5) is 0. The summed E-state index contributed by atoms with van der Waals surface area (Å²) in [7, 11) is 0. The molecule has 3 N–H and O–H groups in total. The highest BCUT2D eigenvalue weighted by atomic mass is 16.5. The van der Waals surface area contributed by atoms with E-state index >= 15 is 0 Å². The Hall–Kier alpha value is -1.50. The number of aliphatic hydroxyl groups is 1. The van der Waals surface area contributed by atoms with Gasteiger partial charge in [0.2, 0.25) is 0 Å². The van der Waals surface area contributed by atoms with Gasteiger partial charge in [-0.25, -0.2) is 0 Å². The highest BCUT2D eigenvalue weighted by molar-refractivity contribution is 5.50. The van der Waals surface area contributed by atoms with Crippen LogP contribution in [0.2, 0.25) is 0 Å². The lowest BCUT2D eigenvalue weighted by molar-refractivity contribution is 0.285. The minimum atomic E-state index is 0.239. The average molecular weight is 289 g/mol. The molecule has 0 aromatic heterocycles. The number of nitrogens with two attached hydrogens (primary N) is 1. The highest BCUT2D eigenvalue weighted by Gasteiger charge is 2.10. The van der Waals surface area contributed by atoms with E-state index < -0.39 is 0 Å². The van der Waals surface area contributed by atoms with Crippen molar-refractivity contribution in [3.8, 4) is 17.6 Å². The smallest absolute Gasteiger partial charge is 0.127 e. The van der Waals surface area contributed by atoms with Crippen LogP contribution in [0.1, 0.15) is 56.2 Å². The summed E-state index contributed by atoms with van der Waals surface area (Å²) < 4.78 is 5.77. The zero-order valence-electron chi connectivity index (χ0n) is 13.2. The molecule has 0 unspecified atom stereocenters. The second-order valence-corrected chi connectivity index (χ2v) is 4.99. The Morgan fingerprint density at radius 2 is 1.95 bits per heavy atom. The number of benzene rings is 1. The van der Waals surface area contributed by atoms with Crippen LogP contribution < -0.4 is 10.5 Å². The van der Waals surface area contributed by atoms with Crippen LogP contribution >= 0.6 is 0 Å². The topological polar surface area (TPSA) is 55.5 Å². The molecular weight excluding hydrogens is 262 g/mol. The van der Waals surface area contributed by atoms with Crippen molar-refractivity contribution < 1.29 is 9.84 Å². The summed E-state index contributed by atoms with van der Waals surface area (Å²) in [5, 5.41) is 8.75. The number of aryl methyl sites for hydroxylation is 1. The quantitative estimate of drug-likeness (QED) is 0.571. The Morgan fingerprint density at radius 3 is 2.57 bits per heavy atom. The summed E-state index contributed by atoms with van der Waals surface area (Å²) >= 11 is 0. The predicted molar refractivity (Wildman–Crippen MR) is 87.3 cm³/mol. The Kier molecular flexibility index (Phi) is 8.57. The summed E-state index contributed by atoms with van der Waals surface area (Å²) in [5.74, 6) is 7.31. The molecule has 0 saturated heterocycles. The maximum Gasteiger partial charge on any atom is 0.127 e. The van der Waals surface area contributed by atoms with Crippen molar-refractivity contribution in [2.75, 3.05) is 13.2 Å². The van der Waals surface area contributed by atoms with Crippen molar-refractivity contribution in [1.29, 1.82) is 0 Å². The van der Waals surface area contributed by atoms with E-state index in [1.807, 2.05) is 13.0 Å². The summed E-state index contributed by atoms with van der Waals surface area (Å²) in [5.41, 5.74) is 9.09. The lowest BCUT2D eigenvalue weighted by Crippen LogP contribution is -2.06. The first-order chi connectivity index (χ1) is 10.3. The van der Waals surface area contributed by atoms with Gasteiger partial charge in [-0.1, -0.05) is 25.2 Å². The first kappa shape index (κ1) is 17.6. The lowest BCUT2D eigenvalue weighted by atomic mass is 10.0. The third-order valence-corrected chi connectivity index (χ3v) is 3.21. The fourth-order valence-corrected chi connectivity index (χ4v) is 2.25. The van der Waals surface area contributed by atoms with Crippen molar-refractivity contribution in [2.24, 2.45) is 5.73 Å². The molecule has 0 heterocycles. The molecule has 0 amide bonds. The van der Waals surface area contributed by atoms with Crippen molar-refractivity contribution in [1.82, 2.24) is 0 Å². The van der Waals surface area contributed by atoms with E-state index in [9.17, 15) is 0 Å². The number of rotatable bonds is 8. The average Bonchev–Trinajstić information content (AvgIpc) is 2.49. The Bertz CT molecular complexity index is 486. The van der Waals surface area contributed by atoms with Gasteiger partial charge in [-0.2, -0.15) is 0 Å². The molecule has 0 aliphatic rings. The van der Waals surface area contributed by atoms with Gasteiger partial charge in [-0.05, 0) is 43.9 Å². The molecule has 0 spiro atoms. The van der Waals surface area contributed by atoms with E-state index in [-0.39, 0.29) is 6.61 Å². The van der Waals surface area contributed by atoms with E-state index in [1.54, 1.807) is 0 Å². The number of hydrogen-bond donors (Lipinski definition) is 2. The van der Waals surface area contributed by atoms with Gasteiger partial charge in [0.1, 0.15) is 5.75 Å². The van der Waals surface area contributed by atoms with Gasteiger partial charge in [-0.15, -0.1) is 0 Å². The van der Waals surface area contributed by atoms with E-state index in [4.69, 9.17) is 15.6 Å². The molecule has 3 nitrogen and oxygen atoms in total. The van der Waals surface area contributed by atoms with Crippen LogP contribution in [0.15, 0.2) is 12.1 Å². The molecule has 0 fully saturated rings. The van der Waals surface area contributed by atoms with Crippen LogP contribution in [-0.2, 0) is 13.0 Å². The molecule has 1 aromatic rings. The second-order valence-electron chi connectivity index (χ2n) is 4.99. The molecular formula is C18H27NO2. The Morgan fingerprint density at radius 1 is 1.19 bits per heavy atom. The van der Waals surface area contributed by atoms with Gasteiger partial charge in [-0.3, -0.25) is 0 Å². The van der Waals surface area contributed by atoms with Crippen LogP contribution in [0.4, 0.5) is 0 Å². The Labute approximate surface area is 128 Å². The van der Waals surface area contributed by atoms with Crippen molar-refractivity contribution >= 4 is 0 Å². The maximum absolute atomic E-state index is 8.75. The van der Waals surface area contributed by atoms with Crippen molar-refractivity contribution in [3.63, 3.8) is 0 Å². The molecule has 0 aliphatic heterocycles. The largest absolute Gasteiger partial charge is 0.493 e. The highest BCUT2D eigenvalue weighted by Crippen LogP contribution is 2.27. The number of ether oxygens (including phenoxy) is 1. The van der Waals surface area contributed by atoms with Gasteiger partial charge in [0, 0.05) is 30.7 Å². The van der Waals surface area contributed by atoms with Gasteiger partial charge >= 0.3 is 0 Å². The van der Waals surface area contributed by atoms with E-state index in [1.165, 1.54) is 5.56 Å². The monoisotopic (exact) mass is 289 g/mol. The molecule has 0 aliphatic carbocycles. The summed E-state index contributed by atoms with van der Waals surface area (Å²) in [6, 6.07) is 4.15. The molecule has 1 rings (SSSR count). The third-order valence-electron chi connectivity index (χ3n) is 3.21. The fraction of sp³-hybridized carbons (Fsp3) is 0.556. The van der Waals surface area contributed by atoms with Gasteiger partial charge in [0.05, 0.1) is 6.61 Å².